The summed E-state index contributed by atoms with van der Waals surface area (Å²) in [7, 11) is 0. The smallest absolute Gasteiger partial charge is 0.293 e. The second-order valence-electron chi connectivity index (χ2n) is 2.57. The van der Waals surface area contributed by atoms with Crippen molar-refractivity contribution in [2.75, 3.05) is 0 Å². The number of hydrogen-bond donors (Lipinski definition) is 1. The molecule has 0 bridgehead atoms. The number of hydrogen-bond acceptors (Lipinski definition) is 2. The van der Waals surface area contributed by atoms with Crippen LogP contribution in [0.3, 0.4) is 0 Å². The number of aromatic nitrogens is 2. The highest BCUT2D eigenvalue weighted by Gasteiger charge is 2.32. The highest BCUT2D eigenvalue weighted by molar-refractivity contribution is 7.71. The first-order valence-electron chi connectivity index (χ1n) is 3.69. The van der Waals surface area contributed by atoms with Crippen LogP contribution in [0.15, 0.2) is 6.07 Å². The predicted molar refractivity (Wildman–Crippen MR) is 44.8 cm³/mol. The molecule has 0 saturated carbocycles. The lowest BCUT2D eigenvalue weighted by Gasteiger charge is -2.02. The first-order chi connectivity index (χ1) is 6.45. The summed E-state index contributed by atoms with van der Waals surface area (Å²) in [4.78, 5) is 0. The quantitative estimate of drug-likeness (QED) is 0.779. The molecule has 0 aliphatic carbocycles. The molecular weight excluding hydrogens is 215 g/mol. The van der Waals surface area contributed by atoms with Crippen LogP contribution in [0.5, 0.6) is 0 Å². The molecule has 1 heterocycles. The number of aromatic amines is 1. The third kappa shape index (κ3) is 2.35. The molecule has 3 nitrogen and oxygen atoms in total. The topological polar surface area (TPSA) is 44.5 Å². The molecular formula is C7H6F3N3S. The van der Waals surface area contributed by atoms with Gasteiger partial charge in [-0.05, 0) is 0 Å². The molecule has 0 aliphatic rings. The fourth-order valence-corrected chi connectivity index (χ4v) is 1.16. The first kappa shape index (κ1) is 10.8. The Morgan fingerprint density at radius 1 is 1.57 bits per heavy atom. The molecule has 76 valence electrons. The number of nitrogens with zero attached hydrogens (tertiary/aromatic N) is 2. The van der Waals surface area contributed by atoms with Gasteiger partial charge in [-0.15, -0.1) is 0 Å². The third-order valence-corrected chi connectivity index (χ3v) is 1.88. The summed E-state index contributed by atoms with van der Waals surface area (Å²) in [5, 5.41) is 10.3. The summed E-state index contributed by atoms with van der Waals surface area (Å²) in [6.07, 6.45) is -4.31. The van der Waals surface area contributed by atoms with Gasteiger partial charge in [-0.3, -0.25) is 9.78 Å². The van der Waals surface area contributed by atoms with Crippen molar-refractivity contribution >= 4 is 12.2 Å². The van der Waals surface area contributed by atoms with E-state index in [0.29, 0.717) is 0 Å². The molecule has 0 saturated heterocycles. The minimum atomic E-state index is -4.43. The minimum Gasteiger partial charge on any atom is -0.293 e. The summed E-state index contributed by atoms with van der Waals surface area (Å²) >= 11 is 4.68. The summed E-state index contributed by atoms with van der Waals surface area (Å²) < 4.78 is 37.6. The van der Waals surface area contributed by atoms with Gasteiger partial charge in [-0.1, -0.05) is 12.2 Å². The van der Waals surface area contributed by atoms with Crippen LogP contribution in [0.2, 0.25) is 0 Å². The monoisotopic (exact) mass is 221 g/mol. The van der Waals surface area contributed by atoms with E-state index in [0.717, 1.165) is 10.7 Å². The van der Waals surface area contributed by atoms with Crippen LogP contribution >= 0.6 is 12.2 Å². The maximum absolute atomic E-state index is 12.1. The fraction of sp³-hybridized carbons (Fsp3) is 0.429. The van der Waals surface area contributed by atoms with E-state index >= 15 is 0 Å². The molecule has 0 amide bonds. The Morgan fingerprint density at radius 3 is 2.64 bits per heavy atom. The average molecular weight is 221 g/mol. The molecule has 1 aromatic rings. The predicted octanol–water partition coefficient (Wildman–Crippen LogP) is 2.48. The zero-order valence-corrected chi connectivity index (χ0v) is 7.74. The lowest BCUT2D eigenvalue weighted by Crippen LogP contribution is -2.08. The van der Waals surface area contributed by atoms with Gasteiger partial charge < -0.3 is 0 Å². The van der Waals surface area contributed by atoms with Gasteiger partial charge in [-0.2, -0.15) is 18.4 Å². The van der Waals surface area contributed by atoms with Crippen LogP contribution in [0.1, 0.15) is 12.1 Å². The van der Waals surface area contributed by atoms with Crippen molar-refractivity contribution in [1.29, 1.82) is 5.26 Å². The van der Waals surface area contributed by atoms with Crippen molar-refractivity contribution in [2.24, 2.45) is 0 Å². The van der Waals surface area contributed by atoms with Crippen molar-refractivity contribution in [3.05, 3.63) is 16.4 Å². The maximum Gasteiger partial charge on any atom is 0.432 e. The van der Waals surface area contributed by atoms with Crippen molar-refractivity contribution in [2.45, 2.75) is 19.1 Å². The van der Waals surface area contributed by atoms with Gasteiger partial charge >= 0.3 is 6.18 Å². The van der Waals surface area contributed by atoms with E-state index in [2.05, 4.69) is 17.3 Å². The number of halogens is 3. The largest absolute Gasteiger partial charge is 0.432 e. The van der Waals surface area contributed by atoms with Crippen molar-refractivity contribution < 1.29 is 13.2 Å². The van der Waals surface area contributed by atoms with E-state index in [1.165, 1.54) is 0 Å². The summed E-state index contributed by atoms with van der Waals surface area (Å²) in [6.45, 7) is 0.144. The van der Waals surface area contributed by atoms with Crippen LogP contribution in [-0.4, -0.2) is 9.78 Å². The molecule has 0 spiro atoms. The van der Waals surface area contributed by atoms with Crippen molar-refractivity contribution in [1.82, 2.24) is 9.78 Å². The van der Waals surface area contributed by atoms with E-state index in [1.807, 2.05) is 6.07 Å². The fourth-order valence-electron chi connectivity index (χ4n) is 0.907. The second-order valence-corrected chi connectivity index (χ2v) is 2.98. The molecule has 0 aliphatic heterocycles. The molecule has 0 atom stereocenters. The van der Waals surface area contributed by atoms with Gasteiger partial charge in [0.25, 0.3) is 0 Å². The number of aryl methyl sites for hydroxylation is 1. The lowest BCUT2D eigenvalue weighted by atomic mass is 10.4. The lowest BCUT2D eigenvalue weighted by molar-refractivity contribution is -0.141. The Balaban J connectivity index is 2.95. The SMILES string of the molecule is N#CCCn1[nH]c(C(F)(F)F)cc1=S. The van der Waals surface area contributed by atoms with E-state index in [4.69, 9.17) is 5.26 Å². The molecule has 0 unspecified atom stereocenters. The van der Waals surface area contributed by atoms with Crippen LogP contribution in [-0.2, 0) is 12.7 Å². The zero-order chi connectivity index (χ0) is 10.8. The molecule has 0 fully saturated rings. The van der Waals surface area contributed by atoms with E-state index < -0.39 is 11.9 Å². The van der Waals surface area contributed by atoms with Gasteiger partial charge in [0.05, 0.1) is 19.0 Å². The molecule has 0 aromatic carbocycles. The highest BCUT2D eigenvalue weighted by atomic mass is 32.1. The Kier molecular flexibility index (Phi) is 2.96. The zero-order valence-electron chi connectivity index (χ0n) is 6.93. The molecule has 7 heteroatoms. The first-order valence-corrected chi connectivity index (χ1v) is 4.10. The van der Waals surface area contributed by atoms with Crippen molar-refractivity contribution in [3.8, 4) is 6.07 Å². The van der Waals surface area contributed by atoms with E-state index in [9.17, 15) is 13.2 Å². The van der Waals surface area contributed by atoms with Crippen LogP contribution < -0.4 is 0 Å². The summed E-state index contributed by atoms with van der Waals surface area (Å²) in [5.74, 6) is 0. The number of alkyl halides is 3. The number of nitrogens with one attached hydrogen (secondary N) is 1. The van der Waals surface area contributed by atoms with Gasteiger partial charge in [-0.25, -0.2) is 0 Å². The molecule has 0 radical (unpaired) electrons. The Labute approximate surface area is 82.7 Å². The Bertz CT molecular complexity index is 409. The van der Waals surface area contributed by atoms with E-state index in [1.54, 1.807) is 0 Å². The third-order valence-electron chi connectivity index (χ3n) is 1.54. The maximum atomic E-state index is 12.1. The normalized spacial score (nSPS) is 11.3. The van der Waals surface area contributed by atoms with Gasteiger partial charge in [0.1, 0.15) is 10.3 Å². The Hall–Kier alpha value is -1.29. The molecule has 1 aromatic heterocycles. The van der Waals surface area contributed by atoms with Gasteiger partial charge in [0, 0.05) is 6.07 Å². The number of rotatable bonds is 2. The minimum absolute atomic E-state index is 0.0487. The van der Waals surface area contributed by atoms with Crippen LogP contribution in [0.4, 0.5) is 13.2 Å². The number of nitriles is 1. The standard InChI is InChI=1S/C7H6F3N3S/c8-7(9,10)5-4-6(14)13(12-5)3-1-2-11/h4,12H,1,3H2. The van der Waals surface area contributed by atoms with Crippen molar-refractivity contribution in [3.63, 3.8) is 0 Å². The molecule has 1 rings (SSSR count). The summed E-state index contributed by atoms with van der Waals surface area (Å²) in [5.41, 5.74) is -0.888. The van der Waals surface area contributed by atoms with E-state index in [-0.39, 0.29) is 17.6 Å². The average Bonchev–Trinajstić information content (AvgIpc) is 2.43. The van der Waals surface area contributed by atoms with Gasteiger partial charge in [0.15, 0.2) is 0 Å². The Morgan fingerprint density at radius 2 is 2.21 bits per heavy atom. The molecule has 14 heavy (non-hydrogen) atoms. The van der Waals surface area contributed by atoms with Crippen LogP contribution in [0.25, 0.3) is 0 Å². The highest BCUT2D eigenvalue weighted by Crippen LogP contribution is 2.27. The molecule has 1 N–H and O–H groups in total. The van der Waals surface area contributed by atoms with Crippen LogP contribution in [0, 0.1) is 16.0 Å². The van der Waals surface area contributed by atoms with Gasteiger partial charge in [0.2, 0.25) is 0 Å². The summed E-state index contributed by atoms with van der Waals surface area (Å²) in [6, 6.07) is 2.66. The second kappa shape index (κ2) is 3.84. The number of H-pyrrole nitrogens is 1.